The number of halogens is 6. The van der Waals surface area contributed by atoms with Crippen molar-refractivity contribution in [3.8, 4) is 0 Å². The zero-order chi connectivity index (χ0) is 20.8. The number of rotatable bonds is 8. The van der Waals surface area contributed by atoms with Crippen LogP contribution in [0.15, 0.2) is 30.3 Å². The molecule has 0 aromatic heterocycles. The van der Waals surface area contributed by atoms with Gasteiger partial charge in [0.05, 0.1) is 28.8 Å². The minimum Gasteiger partial charge on any atom is -0.395 e. The number of carbonyl (C=O) groups is 1. The highest BCUT2D eigenvalue weighted by Crippen LogP contribution is 2.40. The summed E-state index contributed by atoms with van der Waals surface area (Å²) in [6, 6.07) is 4.82. The maximum absolute atomic E-state index is 14.1. The Morgan fingerprint density at radius 3 is 2.39 bits per heavy atom. The molecule has 0 aliphatic rings. The van der Waals surface area contributed by atoms with Gasteiger partial charge >= 0.3 is 6.61 Å². The van der Waals surface area contributed by atoms with E-state index in [9.17, 15) is 22.4 Å². The van der Waals surface area contributed by atoms with Crippen molar-refractivity contribution < 1.29 is 32.3 Å². The number of hydrogen-bond donors (Lipinski definition) is 2. The van der Waals surface area contributed by atoms with Crippen LogP contribution in [0.2, 0.25) is 10.0 Å². The second kappa shape index (κ2) is 9.92. The molecule has 0 bridgehead atoms. The molecule has 28 heavy (non-hydrogen) atoms. The molecule has 0 aliphatic carbocycles. The van der Waals surface area contributed by atoms with Crippen molar-refractivity contribution in [1.29, 1.82) is 0 Å². The Labute approximate surface area is 167 Å². The molecule has 0 aliphatic heterocycles. The number of nitrogens with zero attached hydrogens (tertiary/aromatic N) is 1. The summed E-state index contributed by atoms with van der Waals surface area (Å²) < 4.78 is 53.3. The number of alkyl halides is 2. The van der Waals surface area contributed by atoms with Crippen LogP contribution in [0.1, 0.15) is 5.56 Å². The van der Waals surface area contributed by atoms with E-state index in [0.29, 0.717) is 5.06 Å². The lowest BCUT2D eigenvalue weighted by Crippen LogP contribution is -2.28. The lowest BCUT2D eigenvalue weighted by molar-refractivity contribution is -0.129. The fourth-order valence-corrected chi connectivity index (χ4v) is 2.92. The molecule has 2 aromatic carbocycles. The van der Waals surface area contributed by atoms with Gasteiger partial charge in [-0.05, 0) is 35.9 Å². The number of amides is 1. The second-order valence-corrected chi connectivity index (χ2v) is 6.22. The van der Waals surface area contributed by atoms with E-state index in [4.69, 9.17) is 28.3 Å². The average Bonchev–Trinajstić information content (AvgIpc) is 2.60. The van der Waals surface area contributed by atoms with Crippen molar-refractivity contribution in [2.75, 3.05) is 18.2 Å². The molecule has 0 saturated carbocycles. The van der Waals surface area contributed by atoms with E-state index >= 15 is 0 Å². The van der Waals surface area contributed by atoms with Gasteiger partial charge in [0.25, 0.3) is 0 Å². The number of aliphatic hydroxyl groups excluding tert-OH is 1. The van der Waals surface area contributed by atoms with Crippen molar-refractivity contribution in [3.05, 3.63) is 57.6 Å². The third kappa shape index (κ3) is 5.71. The van der Waals surface area contributed by atoms with Crippen LogP contribution in [0, 0.1) is 11.6 Å². The highest BCUT2D eigenvalue weighted by molar-refractivity contribution is 6.39. The van der Waals surface area contributed by atoms with Gasteiger partial charge < -0.3 is 10.4 Å². The summed E-state index contributed by atoms with van der Waals surface area (Å²) in [6.45, 7) is -3.63. The van der Waals surface area contributed by atoms with Gasteiger partial charge in [0.2, 0.25) is 5.91 Å². The Kier molecular flexibility index (Phi) is 7.88. The average molecular weight is 441 g/mol. The molecule has 5 nitrogen and oxygen atoms in total. The molecule has 0 heterocycles. The summed E-state index contributed by atoms with van der Waals surface area (Å²) in [5.41, 5.74) is -0.542. The third-order valence-corrected chi connectivity index (χ3v) is 3.99. The zero-order valence-electron chi connectivity index (χ0n) is 14.1. The van der Waals surface area contributed by atoms with Crippen LogP contribution in [0.25, 0.3) is 0 Å². The van der Waals surface area contributed by atoms with Crippen LogP contribution in [0.5, 0.6) is 0 Å². The number of aliphatic hydroxyl groups is 1. The zero-order valence-corrected chi connectivity index (χ0v) is 15.6. The first-order chi connectivity index (χ1) is 13.2. The Balaban J connectivity index is 2.45. The minimum atomic E-state index is -3.31. The van der Waals surface area contributed by atoms with Crippen molar-refractivity contribution in [1.82, 2.24) is 5.32 Å². The van der Waals surface area contributed by atoms with Crippen molar-refractivity contribution in [3.63, 3.8) is 0 Å². The number of benzene rings is 2. The molecule has 0 fully saturated rings. The summed E-state index contributed by atoms with van der Waals surface area (Å²) in [5.74, 6) is -2.16. The van der Waals surface area contributed by atoms with Gasteiger partial charge in [-0.3, -0.25) is 4.79 Å². The summed E-state index contributed by atoms with van der Waals surface area (Å²) in [4.78, 5) is 16.2. The maximum atomic E-state index is 14.1. The first-order valence-electron chi connectivity index (χ1n) is 7.78. The first kappa shape index (κ1) is 22.2. The standard InChI is InChI=1S/C17H14Cl2F4N2O3/c18-12-7-10(20)8-13(19)16(12)25(28-17(22)23)11-1-2-14(21)9(5-11)6-15(27)24-3-4-26/h1-2,5,7-8,17,26H,3-4,6H2,(H,24,27). The molecule has 0 spiro atoms. The molecule has 0 atom stereocenters. The van der Waals surface area contributed by atoms with E-state index in [1.807, 2.05) is 0 Å². The van der Waals surface area contributed by atoms with Gasteiger partial charge in [-0.25, -0.2) is 13.8 Å². The van der Waals surface area contributed by atoms with E-state index < -0.39 is 30.6 Å². The second-order valence-electron chi connectivity index (χ2n) is 5.40. The van der Waals surface area contributed by atoms with Gasteiger partial charge in [-0.15, -0.1) is 0 Å². The molecule has 0 radical (unpaired) electrons. The number of hydrogen-bond acceptors (Lipinski definition) is 4. The Morgan fingerprint density at radius 1 is 1.18 bits per heavy atom. The lowest BCUT2D eigenvalue weighted by atomic mass is 10.1. The van der Waals surface area contributed by atoms with Crippen LogP contribution in [-0.2, 0) is 16.1 Å². The number of carbonyl (C=O) groups excluding carboxylic acids is 1. The van der Waals surface area contributed by atoms with E-state index in [0.717, 1.165) is 30.3 Å². The van der Waals surface area contributed by atoms with Crippen LogP contribution in [-0.4, -0.2) is 30.8 Å². The number of nitrogens with one attached hydrogen (secondary N) is 1. The van der Waals surface area contributed by atoms with Crippen LogP contribution in [0.4, 0.5) is 28.9 Å². The highest BCUT2D eigenvalue weighted by Gasteiger charge is 2.23. The molecule has 2 aromatic rings. The molecule has 152 valence electrons. The fraction of sp³-hybridized carbons (Fsp3) is 0.235. The molecular formula is C17H14Cl2F4N2O3. The molecular weight excluding hydrogens is 427 g/mol. The van der Waals surface area contributed by atoms with E-state index in [-0.39, 0.29) is 40.1 Å². The van der Waals surface area contributed by atoms with E-state index in [2.05, 4.69) is 10.2 Å². The third-order valence-electron chi connectivity index (χ3n) is 3.42. The summed E-state index contributed by atoms with van der Waals surface area (Å²) in [7, 11) is 0. The van der Waals surface area contributed by atoms with Crippen LogP contribution < -0.4 is 10.4 Å². The van der Waals surface area contributed by atoms with Crippen molar-refractivity contribution in [2.24, 2.45) is 0 Å². The molecule has 1 amide bonds. The van der Waals surface area contributed by atoms with Gasteiger partial charge in [0.15, 0.2) is 0 Å². The van der Waals surface area contributed by atoms with Gasteiger partial charge in [0.1, 0.15) is 17.3 Å². The normalized spacial score (nSPS) is 11.0. The lowest BCUT2D eigenvalue weighted by Gasteiger charge is -2.25. The first-order valence-corrected chi connectivity index (χ1v) is 8.54. The summed E-state index contributed by atoms with van der Waals surface area (Å²) in [6.07, 6.45) is -0.424. The Morgan fingerprint density at radius 2 is 1.82 bits per heavy atom. The summed E-state index contributed by atoms with van der Waals surface area (Å²) >= 11 is 11.8. The topological polar surface area (TPSA) is 61.8 Å². The van der Waals surface area contributed by atoms with E-state index in [1.54, 1.807) is 0 Å². The van der Waals surface area contributed by atoms with E-state index in [1.165, 1.54) is 0 Å². The number of anilines is 2. The predicted molar refractivity (Wildman–Crippen MR) is 95.8 cm³/mol. The van der Waals surface area contributed by atoms with Gasteiger partial charge in [-0.2, -0.15) is 13.6 Å². The SMILES string of the molecule is O=C(Cc1cc(N(OC(F)F)c2c(Cl)cc(F)cc2Cl)ccc1F)NCCO. The van der Waals surface area contributed by atoms with Crippen LogP contribution >= 0.6 is 23.2 Å². The molecule has 11 heteroatoms. The molecule has 0 saturated heterocycles. The quantitative estimate of drug-likeness (QED) is 0.476. The Bertz CT molecular complexity index is 832. The van der Waals surface area contributed by atoms with Crippen molar-refractivity contribution in [2.45, 2.75) is 13.0 Å². The fourth-order valence-electron chi connectivity index (χ4n) is 2.30. The highest BCUT2D eigenvalue weighted by atomic mass is 35.5. The van der Waals surface area contributed by atoms with Gasteiger partial charge in [0, 0.05) is 6.54 Å². The molecule has 2 rings (SSSR count). The Hall–Kier alpha value is -2.07. The van der Waals surface area contributed by atoms with Crippen molar-refractivity contribution >= 4 is 40.5 Å². The minimum absolute atomic E-state index is 0.0262. The van der Waals surface area contributed by atoms with Gasteiger partial charge in [-0.1, -0.05) is 23.2 Å². The smallest absolute Gasteiger partial charge is 0.365 e. The monoisotopic (exact) mass is 440 g/mol. The maximum Gasteiger partial charge on any atom is 0.365 e. The van der Waals surface area contributed by atoms with Crippen LogP contribution in [0.3, 0.4) is 0 Å². The summed E-state index contributed by atoms with van der Waals surface area (Å²) in [5, 5.41) is 10.9. The molecule has 2 N–H and O–H groups in total. The predicted octanol–water partition coefficient (Wildman–Crippen LogP) is 4.21. The molecule has 0 unspecified atom stereocenters. The largest absolute Gasteiger partial charge is 0.395 e.